The first-order valence-corrected chi connectivity index (χ1v) is 7.18. The predicted octanol–water partition coefficient (Wildman–Crippen LogP) is 2.54. The molecule has 1 heterocycles. The van der Waals surface area contributed by atoms with Crippen LogP contribution >= 0.6 is 0 Å². The highest BCUT2D eigenvalue weighted by Crippen LogP contribution is 2.02. The summed E-state index contributed by atoms with van der Waals surface area (Å²) in [5, 5.41) is 6.59. The van der Waals surface area contributed by atoms with Crippen LogP contribution in [0.15, 0.2) is 27.8 Å². The number of rotatable bonds is 7. The summed E-state index contributed by atoms with van der Waals surface area (Å²) in [6.45, 7) is 11.2. The topological polar surface area (TPSA) is 58.8 Å². The lowest BCUT2D eigenvalue weighted by molar-refractivity contribution is 0.105. The molecule has 1 aromatic rings. The molecule has 1 rings (SSSR count). The first kappa shape index (κ1) is 16.6. The van der Waals surface area contributed by atoms with Gasteiger partial charge >= 0.3 is 0 Å². The summed E-state index contributed by atoms with van der Waals surface area (Å²) in [7, 11) is 0. The summed E-state index contributed by atoms with van der Waals surface area (Å²) in [4.78, 5) is 4.52. The van der Waals surface area contributed by atoms with Gasteiger partial charge in [0.1, 0.15) is 12.4 Å². The molecule has 0 aromatic carbocycles. The Balaban J connectivity index is 2.19. The molecule has 0 aliphatic heterocycles. The van der Waals surface area contributed by atoms with Gasteiger partial charge in [-0.1, -0.05) is 0 Å². The van der Waals surface area contributed by atoms with Crippen LogP contribution in [0.2, 0.25) is 0 Å². The standard InChI is InChI=1S/C15H27N3O2/c1-5-16-14(18-15(2,3)4)17-9-7-10-19-12-13-8-6-11-20-13/h6,8,11H,5,7,9-10,12H2,1-4H3,(H2,16,17,18). The average Bonchev–Trinajstić information content (AvgIpc) is 2.84. The number of nitrogens with one attached hydrogen (secondary N) is 2. The number of aliphatic imine (C=N–C) groups is 1. The van der Waals surface area contributed by atoms with Crippen LogP contribution in [0.25, 0.3) is 0 Å². The van der Waals surface area contributed by atoms with Crippen molar-refractivity contribution in [3.63, 3.8) is 0 Å². The van der Waals surface area contributed by atoms with Crippen LogP contribution < -0.4 is 10.6 Å². The third-order valence-corrected chi connectivity index (χ3v) is 2.38. The van der Waals surface area contributed by atoms with Crippen LogP contribution in [-0.2, 0) is 11.3 Å². The quantitative estimate of drug-likeness (QED) is 0.458. The molecule has 0 bridgehead atoms. The molecular formula is C15H27N3O2. The molecule has 5 heteroatoms. The van der Waals surface area contributed by atoms with E-state index >= 15 is 0 Å². The van der Waals surface area contributed by atoms with Gasteiger partial charge in [-0.25, -0.2) is 0 Å². The summed E-state index contributed by atoms with van der Waals surface area (Å²) < 4.78 is 10.7. The zero-order chi connectivity index (χ0) is 14.8. The summed E-state index contributed by atoms with van der Waals surface area (Å²) in [5.41, 5.74) is 0.0107. The molecule has 0 fully saturated rings. The van der Waals surface area contributed by atoms with Crippen LogP contribution in [0.4, 0.5) is 0 Å². The molecule has 0 saturated carbocycles. The molecule has 0 unspecified atom stereocenters. The highest BCUT2D eigenvalue weighted by atomic mass is 16.5. The van der Waals surface area contributed by atoms with E-state index in [2.05, 4.69) is 43.3 Å². The van der Waals surface area contributed by atoms with Crippen LogP contribution in [-0.4, -0.2) is 31.2 Å². The van der Waals surface area contributed by atoms with Gasteiger partial charge in [0.15, 0.2) is 5.96 Å². The van der Waals surface area contributed by atoms with Gasteiger partial charge in [0, 0.05) is 25.2 Å². The molecule has 0 aliphatic carbocycles. The third-order valence-electron chi connectivity index (χ3n) is 2.38. The summed E-state index contributed by atoms with van der Waals surface area (Å²) in [6, 6.07) is 3.78. The number of nitrogens with zero attached hydrogens (tertiary/aromatic N) is 1. The Bertz CT molecular complexity index is 380. The second-order valence-electron chi connectivity index (χ2n) is 5.62. The van der Waals surface area contributed by atoms with Crippen molar-refractivity contribution in [2.45, 2.75) is 46.3 Å². The van der Waals surface area contributed by atoms with E-state index in [0.29, 0.717) is 13.2 Å². The Labute approximate surface area is 121 Å². The second kappa shape index (κ2) is 8.64. The fourth-order valence-corrected chi connectivity index (χ4v) is 1.59. The van der Waals surface area contributed by atoms with Gasteiger partial charge in [-0.15, -0.1) is 0 Å². The first-order valence-electron chi connectivity index (χ1n) is 7.18. The molecule has 20 heavy (non-hydrogen) atoms. The van der Waals surface area contributed by atoms with Crippen LogP contribution in [0, 0.1) is 0 Å². The average molecular weight is 281 g/mol. The SMILES string of the molecule is CCNC(=NCCCOCc1ccco1)NC(C)(C)C. The first-order chi connectivity index (χ1) is 9.51. The van der Waals surface area contributed by atoms with Gasteiger partial charge in [-0.2, -0.15) is 0 Å². The van der Waals surface area contributed by atoms with Crippen molar-refractivity contribution in [3.05, 3.63) is 24.2 Å². The van der Waals surface area contributed by atoms with Crippen LogP contribution in [0.5, 0.6) is 0 Å². The maximum Gasteiger partial charge on any atom is 0.191 e. The molecule has 1 aromatic heterocycles. The van der Waals surface area contributed by atoms with E-state index in [1.165, 1.54) is 0 Å². The minimum Gasteiger partial charge on any atom is -0.467 e. The van der Waals surface area contributed by atoms with Crippen LogP contribution in [0.1, 0.15) is 39.9 Å². The van der Waals surface area contributed by atoms with Crippen molar-refractivity contribution in [1.29, 1.82) is 0 Å². The Morgan fingerprint density at radius 2 is 2.20 bits per heavy atom. The van der Waals surface area contributed by atoms with E-state index < -0.39 is 0 Å². The van der Waals surface area contributed by atoms with Gasteiger partial charge in [0.25, 0.3) is 0 Å². The van der Waals surface area contributed by atoms with E-state index in [9.17, 15) is 0 Å². The molecule has 0 spiro atoms. The molecular weight excluding hydrogens is 254 g/mol. The molecule has 0 saturated heterocycles. The molecule has 5 nitrogen and oxygen atoms in total. The Kier molecular flexibility index (Phi) is 7.15. The number of hydrogen-bond acceptors (Lipinski definition) is 3. The number of guanidine groups is 1. The van der Waals surface area contributed by atoms with Gasteiger partial charge < -0.3 is 19.8 Å². The van der Waals surface area contributed by atoms with Crippen molar-refractivity contribution in [1.82, 2.24) is 10.6 Å². The fourth-order valence-electron chi connectivity index (χ4n) is 1.59. The highest BCUT2D eigenvalue weighted by Gasteiger charge is 2.11. The Morgan fingerprint density at radius 3 is 2.80 bits per heavy atom. The molecule has 0 amide bonds. The van der Waals surface area contributed by atoms with Crippen molar-refractivity contribution in [2.24, 2.45) is 4.99 Å². The third kappa shape index (κ3) is 7.84. The monoisotopic (exact) mass is 281 g/mol. The van der Waals surface area contributed by atoms with E-state index in [-0.39, 0.29) is 5.54 Å². The molecule has 0 atom stereocenters. The lowest BCUT2D eigenvalue weighted by atomic mass is 10.1. The van der Waals surface area contributed by atoms with E-state index in [0.717, 1.165) is 31.2 Å². The largest absolute Gasteiger partial charge is 0.467 e. The number of furan rings is 1. The van der Waals surface area contributed by atoms with Gasteiger partial charge in [0.05, 0.1) is 6.26 Å². The number of hydrogen-bond donors (Lipinski definition) is 2. The van der Waals surface area contributed by atoms with Gasteiger partial charge in [-0.05, 0) is 46.2 Å². The Morgan fingerprint density at radius 1 is 1.40 bits per heavy atom. The van der Waals surface area contributed by atoms with Crippen LogP contribution in [0.3, 0.4) is 0 Å². The minimum absolute atomic E-state index is 0.0107. The van der Waals surface area contributed by atoms with Crippen molar-refractivity contribution < 1.29 is 9.15 Å². The summed E-state index contributed by atoms with van der Waals surface area (Å²) in [6.07, 6.45) is 2.55. The van der Waals surface area contributed by atoms with Crippen molar-refractivity contribution in [3.8, 4) is 0 Å². The molecule has 0 radical (unpaired) electrons. The van der Waals surface area contributed by atoms with E-state index in [1.807, 2.05) is 12.1 Å². The smallest absolute Gasteiger partial charge is 0.191 e. The number of ether oxygens (including phenoxy) is 1. The van der Waals surface area contributed by atoms with Crippen molar-refractivity contribution >= 4 is 5.96 Å². The lowest BCUT2D eigenvalue weighted by Gasteiger charge is -2.23. The van der Waals surface area contributed by atoms with E-state index in [4.69, 9.17) is 9.15 Å². The van der Waals surface area contributed by atoms with Gasteiger partial charge in [-0.3, -0.25) is 4.99 Å². The van der Waals surface area contributed by atoms with Crippen molar-refractivity contribution in [2.75, 3.05) is 19.7 Å². The zero-order valence-electron chi connectivity index (χ0n) is 13.0. The fraction of sp³-hybridized carbons (Fsp3) is 0.667. The maximum atomic E-state index is 5.52. The Hall–Kier alpha value is -1.49. The molecule has 2 N–H and O–H groups in total. The minimum atomic E-state index is 0.0107. The maximum absolute atomic E-state index is 5.52. The predicted molar refractivity (Wildman–Crippen MR) is 81.8 cm³/mol. The van der Waals surface area contributed by atoms with Gasteiger partial charge in [0.2, 0.25) is 0 Å². The second-order valence-corrected chi connectivity index (χ2v) is 5.62. The lowest BCUT2D eigenvalue weighted by Crippen LogP contribution is -2.47. The highest BCUT2D eigenvalue weighted by molar-refractivity contribution is 5.80. The molecule has 114 valence electrons. The summed E-state index contributed by atoms with van der Waals surface area (Å²) in [5.74, 6) is 1.71. The zero-order valence-corrected chi connectivity index (χ0v) is 13.0. The molecule has 0 aliphatic rings. The normalized spacial score (nSPS) is 12.5. The summed E-state index contributed by atoms with van der Waals surface area (Å²) >= 11 is 0. The van der Waals surface area contributed by atoms with E-state index in [1.54, 1.807) is 6.26 Å².